The van der Waals surface area contributed by atoms with Gasteiger partial charge in [-0.1, -0.05) is 0 Å². The van der Waals surface area contributed by atoms with Crippen LogP contribution in [0, 0.1) is 0 Å². The minimum absolute atomic E-state index is 0.209. The summed E-state index contributed by atoms with van der Waals surface area (Å²) in [5.41, 5.74) is 1.21. The van der Waals surface area contributed by atoms with E-state index in [2.05, 4.69) is 19.1 Å². The molecule has 0 bridgehead atoms. The normalized spacial score (nSPS) is 13.9. The van der Waals surface area contributed by atoms with Gasteiger partial charge in [-0.15, -0.1) is 0 Å². The molecule has 0 aliphatic rings. The summed E-state index contributed by atoms with van der Waals surface area (Å²) in [5, 5.41) is 0. The first-order chi connectivity index (χ1) is 7.20. The molecule has 0 saturated carbocycles. The number of hydrogen-bond acceptors (Lipinski definition) is 3. The molecule has 0 aromatic heterocycles. The molecule has 0 saturated heterocycles. The van der Waals surface area contributed by atoms with Crippen LogP contribution in [0.2, 0.25) is 0 Å². The van der Waals surface area contributed by atoms with Gasteiger partial charge in [-0.2, -0.15) is 0 Å². The van der Waals surface area contributed by atoms with Crippen molar-refractivity contribution in [2.45, 2.75) is 10.9 Å². The van der Waals surface area contributed by atoms with Crippen molar-refractivity contribution in [2.24, 2.45) is 0 Å². The summed E-state index contributed by atoms with van der Waals surface area (Å²) in [6, 6.07) is 10.2. The summed E-state index contributed by atoms with van der Waals surface area (Å²) < 4.78 is 16.8. The van der Waals surface area contributed by atoms with Crippen LogP contribution in [0.5, 0.6) is 0 Å². The molecule has 0 amide bonds. The minimum atomic E-state index is -3.35. The molecule has 0 N–H and O–H groups in total. The van der Waals surface area contributed by atoms with E-state index in [9.17, 15) is 0 Å². The molecule has 0 radical (unpaired) electrons. The van der Waals surface area contributed by atoms with Gasteiger partial charge < -0.3 is 0 Å². The Balaban J connectivity index is 2.95. The maximum absolute atomic E-state index is 5.52. The standard InChI is InChI=1S/C8H9.3CH3O.Sn/c1-2-8-6-4-3-5-7-8;3*1-2;/h2-7H,1H3;3*1H3;/q;3*-1;+3. The van der Waals surface area contributed by atoms with Crippen LogP contribution in [-0.4, -0.2) is 40.9 Å². The fraction of sp³-hybridized carbons (Fsp3) is 0.455. The molecule has 3 nitrogen and oxygen atoms in total. The number of hydrogen-bond donors (Lipinski definition) is 0. The Hall–Kier alpha value is -0.101. The van der Waals surface area contributed by atoms with E-state index in [-0.39, 0.29) is 3.93 Å². The van der Waals surface area contributed by atoms with Crippen LogP contribution in [0.15, 0.2) is 30.3 Å². The first kappa shape index (κ1) is 13.0. The average molecular weight is 317 g/mol. The van der Waals surface area contributed by atoms with Crippen molar-refractivity contribution in [1.82, 2.24) is 0 Å². The molecule has 0 aliphatic carbocycles. The average Bonchev–Trinajstić information content (AvgIpc) is 2.33. The SMILES string of the molecule is C[O][Sn]([O]C)([O]C)[CH](C)c1ccccc1. The summed E-state index contributed by atoms with van der Waals surface area (Å²) in [6.45, 7) is 2.10. The fourth-order valence-corrected chi connectivity index (χ4v) is 7.89. The summed E-state index contributed by atoms with van der Waals surface area (Å²) in [5.74, 6) is 0. The Morgan fingerprint density at radius 1 is 0.933 bits per heavy atom. The fourth-order valence-electron chi connectivity index (χ4n) is 1.73. The zero-order valence-corrected chi connectivity index (χ0v) is 12.5. The molecule has 1 unspecified atom stereocenters. The van der Waals surface area contributed by atoms with Crippen LogP contribution in [0.1, 0.15) is 16.4 Å². The van der Waals surface area contributed by atoms with Gasteiger partial charge in [-0.25, -0.2) is 0 Å². The first-order valence-electron chi connectivity index (χ1n) is 4.90. The topological polar surface area (TPSA) is 27.7 Å². The molecule has 15 heavy (non-hydrogen) atoms. The van der Waals surface area contributed by atoms with Crippen molar-refractivity contribution in [3.8, 4) is 0 Å². The molecule has 0 aliphatic heterocycles. The van der Waals surface area contributed by atoms with E-state index >= 15 is 0 Å². The predicted octanol–water partition coefficient (Wildman–Crippen LogP) is 2.21. The van der Waals surface area contributed by atoms with Gasteiger partial charge in [0.2, 0.25) is 0 Å². The van der Waals surface area contributed by atoms with E-state index in [1.165, 1.54) is 5.56 Å². The Kier molecular flexibility index (Phi) is 5.05. The second-order valence-corrected chi connectivity index (χ2v) is 12.8. The van der Waals surface area contributed by atoms with Crippen LogP contribution in [0.3, 0.4) is 0 Å². The van der Waals surface area contributed by atoms with E-state index in [4.69, 9.17) is 9.22 Å². The van der Waals surface area contributed by atoms with Gasteiger partial charge in [-0.05, 0) is 0 Å². The van der Waals surface area contributed by atoms with Gasteiger partial charge in [-0.3, -0.25) is 0 Å². The van der Waals surface area contributed by atoms with Crippen LogP contribution >= 0.6 is 0 Å². The molecular weight excluding hydrogens is 299 g/mol. The van der Waals surface area contributed by atoms with E-state index in [0.29, 0.717) is 0 Å². The molecule has 1 aromatic carbocycles. The molecule has 0 fully saturated rings. The zero-order valence-electron chi connectivity index (χ0n) is 9.69. The van der Waals surface area contributed by atoms with E-state index in [1.54, 1.807) is 21.3 Å². The van der Waals surface area contributed by atoms with Gasteiger partial charge in [0.25, 0.3) is 0 Å². The van der Waals surface area contributed by atoms with Gasteiger partial charge in [0, 0.05) is 0 Å². The van der Waals surface area contributed by atoms with Crippen molar-refractivity contribution in [1.29, 1.82) is 0 Å². The van der Waals surface area contributed by atoms with Gasteiger partial charge in [0.15, 0.2) is 0 Å². The van der Waals surface area contributed by atoms with E-state index < -0.39 is 19.6 Å². The van der Waals surface area contributed by atoms with E-state index in [0.717, 1.165) is 0 Å². The van der Waals surface area contributed by atoms with Crippen molar-refractivity contribution in [3.63, 3.8) is 0 Å². The molecule has 0 spiro atoms. The van der Waals surface area contributed by atoms with Crippen molar-refractivity contribution >= 4 is 19.6 Å². The van der Waals surface area contributed by atoms with Gasteiger partial charge in [0.05, 0.1) is 0 Å². The molecule has 1 rings (SSSR count). The van der Waals surface area contributed by atoms with Crippen LogP contribution in [0.4, 0.5) is 0 Å². The Labute approximate surface area is 96.9 Å². The first-order valence-corrected chi connectivity index (χ1v) is 10.0. The monoisotopic (exact) mass is 318 g/mol. The Morgan fingerprint density at radius 2 is 1.40 bits per heavy atom. The van der Waals surface area contributed by atoms with Crippen molar-refractivity contribution < 1.29 is 9.22 Å². The summed E-state index contributed by atoms with van der Waals surface area (Å²) in [7, 11) is 5.01. The predicted molar refractivity (Wildman–Crippen MR) is 61.6 cm³/mol. The summed E-state index contributed by atoms with van der Waals surface area (Å²) >= 11 is -3.35. The van der Waals surface area contributed by atoms with Gasteiger partial charge >= 0.3 is 96.9 Å². The maximum atomic E-state index is 5.52. The molecular formula is C11H18O3Sn. The van der Waals surface area contributed by atoms with Crippen molar-refractivity contribution in [2.75, 3.05) is 21.3 Å². The van der Waals surface area contributed by atoms with Crippen LogP contribution in [-0.2, 0) is 9.22 Å². The summed E-state index contributed by atoms with van der Waals surface area (Å²) in [6.07, 6.45) is 0. The van der Waals surface area contributed by atoms with Gasteiger partial charge in [0.1, 0.15) is 0 Å². The molecule has 1 atom stereocenters. The van der Waals surface area contributed by atoms with Crippen LogP contribution in [0.25, 0.3) is 0 Å². The van der Waals surface area contributed by atoms with Crippen LogP contribution < -0.4 is 0 Å². The molecule has 84 valence electrons. The molecule has 4 heteroatoms. The third-order valence-electron chi connectivity index (χ3n) is 2.68. The Bertz CT molecular complexity index is 277. The third-order valence-corrected chi connectivity index (χ3v) is 11.5. The number of benzene rings is 1. The molecule has 0 heterocycles. The zero-order chi connectivity index (χ0) is 11.3. The van der Waals surface area contributed by atoms with E-state index in [1.807, 2.05) is 18.2 Å². The molecule has 1 aromatic rings. The van der Waals surface area contributed by atoms with Crippen molar-refractivity contribution in [3.05, 3.63) is 35.9 Å². The number of rotatable bonds is 5. The second-order valence-electron chi connectivity index (χ2n) is 3.35. The summed E-state index contributed by atoms with van der Waals surface area (Å²) in [4.78, 5) is 0. The quantitative estimate of drug-likeness (QED) is 0.780. The second kappa shape index (κ2) is 5.84. The Morgan fingerprint density at radius 3 is 1.80 bits per heavy atom. The third kappa shape index (κ3) is 2.72.